The number of aliphatic hydroxyl groups excluding tert-OH is 1. The molecule has 3 nitrogen and oxygen atoms in total. The number of hydrogen-bond donors (Lipinski definition) is 1. The number of rotatable bonds is 4. The van der Waals surface area contributed by atoms with Crippen LogP contribution in [-0.4, -0.2) is 43.2 Å². The maximum atomic E-state index is 9.41. The fourth-order valence-corrected chi connectivity index (χ4v) is 2.87. The second kappa shape index (κ2) is 5.91. The summed E-state index contributed by atoms with van der Waals surface area (Å²) in [5.41, 5.74) is 1.97. The molecule has 1 unspecified atom stereocenters. The summed E-state index contributed by atoms with van der Waals surface area (Å²) in [5.74, 6) is 0. The van der Waals surface area contributed by atoms with E-state index in [0.717, 1.165) is 17.8 Å². The van der Waals surface area contributed by atoms with Crippen LogP contribution in [0.15, 0.2) is 18.2 Å². The number of halogens is 1. The molecule has 1 aliphatic heterocycles. The number of anilines is 1. The predicted octanol–water partition coefficient (Wildman–Crippen LogP) is 2.36. The molecule has 1 aromatic rings. The van der Waals surface area contributed by atoms with Crippen molar-refractivity contribution in [2.45, 2.75) is 25.5 Å². The number of aliphatic hydroxyl groups is 1. The van der Waals surface area contributed by atoms with Gasteiger partial charge in [-0.15, -0.1) is 0 Å². The van der Waals surface area contributed by atoms with Gasteiger partial charge in [0.05, 0.1) is 6.61 Å². The van der Waals surface area contributed by atoms with Crippen molar-refractivity contribution in [2.24, 2.45) is 0 Å². The standard InChI is InChI=1S/C14H21ClN2O/c1-16-7-3-4-13(16)9-17(2)14-6-5-12(15)8-11(14)10-18/h5-6,8,13,18H,3-4,7,9-10H2,1-2H3. The van der Waals surface area contributed by atoms with Crippen molar-refractivity contribution in [2.75, 3.05) is 32.1 Å². The Morgan fingerprint density at radius 2 is 2.28 bits per heavy atom. The van der Waals surface area contributed by atoms with Crippen LogP contribution in [0.5, 0.6) is 0 Å². The molecule has 1 fully saturated rings. The van der Waals surface area contributed by atoms with Crippen LogP contribution in [-0.2, 0) is 6.61 Å². The Hall–Kier alpha value is -0.770. The molecule has 1 saturated heterocycles. The molecular weight excluding hydrogens is 248 g/mol. The van der Waals surface area contributed by atoms with E-state index in [0.29, 0.717) is 11.1 Å². The minimum atomic E-state index is 0.0285. The van der Waals surface area contributed by atoms with Gasteiger partial charge in [0.2, 0.25) is 0 Å². The van der Waals surface area contributed by atoms with Gasteiger partial charge >= 0.3 is 0 Å². The largest absolute Gasteiger partial charge is 0.392 e. The van der Waals surface area contributed by atoms with Crippen LogP contribution in [0, 0.1) is 0 Å². The molecule has 0 aromatic heterocycles. The van der Waals surface area contributed by atoms with Crippen molar-refractivity contribution in [3.8, 4) is 0 Å². The van der Waals surface area contributed by atoms with Gasteiger partial charge in [-0.05, 0) is 44.6 Å². The summed E-state index contributed by atoms with van der Waals surface area (Å²) in [5, 5.41) is 10.1. The molecular formula is C14H21ClN2O. The Kier molecular flexibility index (Phi) is 4.49. The average molecular weight is 269 g/mol. The smallest absolute Gasteiger partial charge is 0.0702 e. The molecule has 1 aliphatic rings. The number of likely N-dealkylation sites (N-methyl/N-ethyl adjacent to an activating group) is 2. The molecule has 2 rings (SSSR count). The average Bonchev–Trinajstić information content (AvgIpc) is 2.74. The lowest BCUT2D eigenvalue weighted by atomic mass is 10.1. The summed E-state index contributed by atoms with van der Waals surface area (Å²) >= 11 is 5.96. The first-order valence-corrected chi connectivity index (χ1v) is 6.80. The second-order valence-electron chi connectivity index (χ2n) is 5.09. The third kappa shape index (κ3) is 2.97. The van der Waals surface area contributed by atoms with Gasteiger partial charge in [0.1, 0.15) is 0 Å². The molecule has 18 heavy (non-hydrogen) atoms. The van der Waals surface area contributed by atoms with E-state index in [9.17, 15) is 5.11 Å². The van der Waals surface area contributed by atoms with Crippen LogP contribution >= 0.6 is 11.6 Å². The van der Waals surface area contributed by atoms with Crippen LogP contribution < -0.4 is 4.90 Å². The van der Waals surface area contributed by atoms with Crippen LogP contribution in [0.25, 0.3) is 0 Å². The van der Waals surface area contributed by atoms with Gasteiger partial charge in [0, 0.05) is 35.9 Å². The first kappa shape index (κ1) is 13.7. The maximum Gasteiger partial charge on any atom is 0.0702 e. The van der Waals surface area contributed by atoms with Crippen molar-refractivity contribution in [1.29, 1.82) is 0 Å². The Bertz CT molecular complexity index is 411. The van der Waals surface area contributed by atoms with E-state index in [4.69, 9.17) is 11.6 Å². The molecule has 0 amide bonds. The van der Waals surface area contributed by atoms with E-state index in [-0.39, 0.29) is 6.61 Å². The second-order valence-corrected chi connectivity index (χ2v) is 5.52. The van der Waals surface area contributed by atoms with Crippen molar-refractivity contribution in [3.05, 3.63) is 28.8 Å². The summed E-state index contributed by atoms with van der Waals surface area (Å²) in [6.07, 6.45) is 2.53. The minimum absolute atomic E-state index is 0.0285. The molecule has 1 aromatic carbocycles. The third-order valence-corrected chi connectivity index (χ3v) is 4.01. The number of nitrogens with zero attached hydrogens (tertiary/aromatic N) is 2. The highest BCUT2D eigenvalue weighted by atomic mass is 35.5. The molecule has 1 N–H and O–H groups in total. The number of benzene rings is 1. The topological polar surface area (TPSA) is 26.7 Å². The lowest BCUT2D eigenvalue weighted by molar-refractivity contribution is 0.281. The zero-order chi connectivity index (χ0) is 13.1. The fourth-order valence-electron chi connectivity index (χ4n) is 2.68. The van der Waals surface area contributed by atoms with E-state index in [2.05, 4.69) is 23.9 Å². The van der Waals surface area contributed by atoms with Gasteiger partial charge in [-0.3, -0.25) is 0 Å². The number of hydrogen-bond acceptors (Lipinski definition) is 3. The highest BCUT2D eigenvalue weighted by Crippen LogP contribution is 2.25. The Morgan fingerprint density at radius 1 is 1.50 bits per heavy atom. The van der Waals surface area contributed by atoms with Crippen LogP contribution in [0.3, 0.4) is 0 Å². The molecule has 0 aliphatic carbocycles. The normalized spacial score (nSPS) is 20.3. The fraction of sp³-hybridized carbons (Fsp3) is 0.571. The Labute approximate surface area is 114 Å². The highest BCUT2D eigenvalue weighted by Gasteiger charge is 2.22. The summed E-state index contributed by atoms with van der Waals surface area (Å²) in [4.78, 5) is 4.62. The SMILES string of the molecule is CN(CC1CCCN1C)c1ccc(Cl)cc1CO. The molecule has 100 valence electrons. The quantitative estimate of drug-likeness (QED) is 0.908. The zero-order valence-electron chi connectivity index (χ0n) is 11.1. The zero-order valence-corrected chi connectivity index (χ0v) is 11.8. The van der Waals surface area contributed by atoms with Gasteiger partial charge in [-0.2, -0.15) is 0 Å². The third-order valence-electron chi connectivity index (χ3n) is 3.78. The maximum absolute atomic E-state index is 9.41. The predicted molar refractivity (Wildman–Crippen MR) is 76.3 cm³/mol. The first-order chi connectivity index (χ1) is 8.61. The summed E-state index contributed by atoms with van der Waals surface area (Å²) < 4.78 is 0. The molecule has 1 atom stereocenters. The van der Waals surface area contributed by atoms with Gasteiger partial charge in [-0.1, -0.05) is 11.6 Å². The van der Waals surface area contributed by atoms with Gasteiger partial charge in [0.25, 0.3) is 0 Å². The summed E-state index contributed by atoms with van der Waals surface area (Å²) in [6.45, 7) is 2.21. The Balaban J connectivity index is 2.10. The van der Waals surface area contributed by atoms with Crippen molar-refractivity contribution < 1.29 is 5.11 Å². The lowest BCUT2D eigenvalue weighted by Gasteiger charge is -2.28. The van der Waals surface area contributed by atoms with Gasteiger partial charge in [0.15, 0.2) is 0 Å². The highest BCUT2D eigenvalue weighted by molar-refractivity contribution is 6.30. The van der Waals surface area contributed by atoms with Crippen molar-refractivity contribution in [1.82, 2.24) is 4.90 Å². The first-order valence-electron chi connectivity index (χ1n) is 6.42. The van der Waals surface area contributed by atoms with E-state index < -0.39 is 0 Å². The monoisotopic (exact) mass is 268 g/mol. The van der Waals surface area contributed by atoms with Crippen LogP contribution in [0.2, 0.25) is 5.02 Å². The molecule has 1 heterocycles. The van der Waals surface area contributed by atoms with Crippen molar-refractivity contribution in [3.63, 3.8) is 0 Å². The minimum Gasteiger partial charge on any atom is -0.392 e. The summed E-state index contributed by atoms with van der Waals surface area (Å²) in [6, 6.07) is 6.32. The molecule has 0 saturated carbocycles. The molecule has 0 bridgehead atoms. The van der Waals surface area contributed by atoms with Gasteiger partial charge in [-0.25, -0.2) is 0 Å². The van der Waals surface area contributed by atoms with Crippen molar-refractivity contribution >= 4 is 17.3 Å². The number of likely N-dealkylation sites (tertiary alicyclic amines) is 1. The van der Waals surface area contributed by atoms with Crippen LogP contribution in [0.1, 0.15) is 18.4 Å². The van der Waals surface area contributed by atoms with Gasteiger partial charge < -0.3 is 14.9 Å². The summed E-state index contributed by atoms with van der Waals surface area (Å²) in [7, 11) is 4.26. The molecule has 0 radical (unpaired) electrons. The lowest BCUT2D eigenvalue weighted by Crippen LogP contribution is -2.37. The Morgan fingerprint density at radius 3 is 2.89 bits per heavy atom. The van der Waals surface area contributed by atoms with E-state index in [1.165, 1.54) is 19.4 Å². The molecule has 4 heteroatoms. The van der Waals surface area contributed by atoms with E-state index >= 15 is 0 Å². The van der Waals surface area contributed by atoms with Crippen LogP contribution in [0.4, 0.5) is 5.69 Å². The van der Waals surface area contributed by atoms with E-state index in [1.807, 2.05) is 18.2 Å². The van der Waals surface area contributed by atoms with E-state index in [1.54, 1.807) is 0 Å². The molecule has 0 spiro atoms.